The van der Waals surface area contributed by atoms with E-state index in [4.69, 9.17) is 0 Å². The summed E-state index contributed by atoms with van der Waals surface area (Å²) < 4.78 is 0. The van der Waals surface area contributed by atoms with Crippen molar-refractivity contribution in [2.75, 3.05) is 0 Å². The number of allylic oxidation sites excluding steroid dienone is 2. The molecular weight excluding hydrogens is 170 g/mol. The predicted octanol–water partition coefficient (Wildman–Crippen LogP) is 2.30. The van der Waals surface area contributed by atoms with Crippen LogP contribution in [0.25, 0.3) is 12.7 Å². The molecule has 0 aliphatic heterocycles. The summed E-state index contributed by atoms with van der Waals surface area (Å²) in [4.78, 5) is 3.25. The van der Waals surface area contributed by atoms with Crippen molar-refractivity contribution in [3.63, 3.8) is 0 Å². The molecule has 0 aromatic carbocycles. The molecular formula is C13H19N. The van der Waals surface area contributed by atoms with Crippen molar-refractivity contribution in [3.05, 3.63) is 34.0 Å². The van der Waals surface area contributed by atoms with E-state index in [1.807, 2.05) is 0 Å². The van der Waals surface area contributed by atoms with Crippen molar-refractivity contribution in [1.82, 2.24) is 4.98 Å². The van der Waals surface area contributed by atoms with E-state index in [0.717, 1.165) is 10.6 Å². The van der Waals surface area contributed by atoms with Crippen molar-refractivity contribution < 1.29 is 0 Å². The maximum atomic E-state index is 4.09. The monoisotopic (exact) mass is 189 g/mol. The summed E-state index contributed by atoms with van der Waals surface area (Å²) >= 11 is 0. The van der Waals surface area contributed by atoms with E-state index in [1.165, 1.54) is 11.1 Å². The molecule has 0 unspecified atom stereocenters. The number of aromatic nitrogens is 1. The number of nitrogens with one attached hydrogen (secondary N) is 1. The molecule has 0 amide bonds. The average molecular weight is 189 g/mol. The first-order valence-corrected chi connectivity index (χ1v) is 5.03. The van der Waals surface area contributed by atoms with Gasteiger partial charge in [-0.15, -0.1) is 0 Å². The molecule has 1 heterocycles. The van der Waals surface area contributed by atoms with E-state index in [0.29, 0.717) is 5.92 Å². The van der Waals surface area contributed by atoms with E-state index in [9.17, 15) is 0 Å². The average Bonchev–Trinajstić information content (AvgIpc) is 2.43. The minimum absolute atomic E-state index is 0.535. The molecule has 1 aromatic rings. The van der Waals surface area contributed by atoms with Gasteiger partial charge in [0.1, 0.15) is 0 Å². The fourth-order valence-corrected chi connectivity index (χ4v) is 1.40. The van der Waals surface area contributed by atoms with E-state index in [-0.39, 0.29) is 0 Å². The van der Waals surface area contributed by atoms with Gasteiger partial charge in [0.2, 0.25) is 0 Å². The molecule has 0 fully saturated rings. The summed E-state index contributed by atoms with van der Waals surface area (Å²) in [6.45, 7) is 12.6. The quantitative estimate of drug-likeness (QED) is 0.734. The minimum atomic E-state index is 0.535. The first kappa shape index (κ1) is 10.8. The Morgan fingerprint density at radius 1 is 1.43 bits per heavy atom. The van der Waals surface area contributed by atoms with E-state index in [1.54, 1.807) is 0 Å². The van der Waals surface area contributed by atoms with Crippen LogP contribution in [0.4, 0.5) is 0 Å². The molecule has 1 aromatic heterocycles. The Labute approximate surface area is 85.9 Å². The molecule has 0 aliphatic rings. The van der Waals surface area contributed by atoms with Crippen LogP contribution >= 0.6 is 0 Å². The van der Waals surface area contributed by atoms with Crippen LogP contribution in [0.3, 0.4) is 0 Å². The number of hydrogen-bond acceptors (Lipinski definition) is 0. The van der Waals surface area contributed by atoms with Gasteiger partial charge in [-0.3, -0.25) is 0 Å². The van der Waals surface area contributed by atoms with Gasteiger partial charge < -0.3 is 4.98 Å². The zero-order valence-electron chi connectivity index (χ0n) is 9.52. The first-order valence-electron chi connectivity index (χ1n) is 5.03. The standard InChI is InChI=1S/C13H19N/c1-9(2)6-7-13-11(5)12(8-14-13)10(3)4/h6-8,10,14H,5H2,1-4H3/b13-7+. The van der Waals surface area contributed by atoms with Gasteiger partial charge in [0.15, 0.2) is 0 Å². The van der Waals surface area contributed by atoms with E-state index >= 15 is 0 Å². The molecule has 0 atom stereocenters. The molecule has 1 heteroatoms. The van der Waals surface area contributed by atoms with Crippen LogP contribution in [0.2, 0.25) is 0 Å². The summed E-state index contributed by atoms with van der Waals surface area (Å²) in [7, 11) is 0. The van der Waals surface area contributed by atoms with Crippen molar-refractivity contribution in [1.29, 1.82) is 0 Å². The second-order valence-electron chi connectivity index (χ2n) is 4.20. The molecule has 0 radical (unpaired) electrons. The van der Waals surface area contributed by atoms with Gasteiger partial charge in [0, 0.05) is 11.5 Å². The largest absolute Gasteiger partial charge is 0.361 e. The molecule has 14 heavy (non-hydrogen) atoms. The number of aromatic amines is 1. The molecule has 0 saturated heterocycles. The van der Waals surface area contributed by atoms with Crippen LogP contribution in [-0.2, 0) is 0 Å². The van der Waals surface area contributed by atoms with Gasteiger partial charge in [0.05, 0.1) is 0 Å². The molecule has 1 nitrogen and oxygen atoms in total. The summed E-state index contributed by atoms with van der Waals surface area (Å²) in [6, 6.07) is 0. The van der Waals surface area contributed by atoms with Gasteiger partial charge in [-0.05, 0) is 36.6 Å². The molecule has 1 rings (SSSR count). The Hall–Kier alpha value is -1.24. The summed E-state index contributed by atoms with van der Waals surface area (Å²) in [5.74, 6) is 0.535. The fraction of sp³-hybridized carbons (Fsp3) is 0.385. The van der Waals surface area contributed by atoms with Crippen molar-refractivity contribution in [2.45, 2.75) is 33.6 Å². The number of hydrogen-bond donors (Lipinski definition) is 1. The molecule has 0 aliphatic carbocycles. The lowest BCUT2D eigenvalue weighted by Crippen LogP contribution is -2.23. The zero-order valence-corrected chi connectivity index (χ0v) is 9.52. The Balaban J connectivity index is 3.21. The number of H-pyrrole nitrogens is 1. The Kier molecular flexibility index (Phi) is 3.34. The highest BCUT2D eigenvalue weighted by Crippen LogP contribution is 2.05. The highest BCUT2D eigenvalue weighted by molar-refractivity contribution is 5.39. The third kappa shape index (κ3) is 2.38. The Morgan fingerprint density at radius 3 is 2.50 bits per heavy atom. The SMILES string of the molecule is C=c1c(C(C)C)c[nH]/c1=C/C=C(C)C. The van der Waals surface area contributed by atoms with Crippen LogP contribution in [0.5, 0.6) is 0 Å². The van der Waals surface area contributed by atoms with Crippen LogP contribution in [0.15, 0.2) is 17.8 Å². The second kappa shape index (κ2) is 4.32. The minimum Gasteiger partial charge on any atom is -0.361 e. The lowest BCUT2D eigenvalue weighted by molar-refractivity contribution is 0.862. The van der Waals surface area contributed by atoms with Crippen molar-refractivity contribution in [2.24, 2.45) is 0 Å². The normalized spacial score (nSPS) is 12.2. The predicted molar refractivity (Wildman–Crippen MR) is 63.5 cm³/mol. The fourth-order valence-electron chi connectivity index (χ4n) is 1.40. The molecule has 1 N–H and O–H groups in total. The van der Waals surface area contributed by atoms with Crippen LogP contribution < -0.4 is 10.6 Å². The maximum Gasteiger partial charge on any atom is 0.0450 e. The third-order valence-electron chi connectivity index (χ3n) is 2.26. The van der Waals surface area contributed by atoms with Gasteiger partial charge in [-0.2, -0.15) is 0 Å². The summed E-state index contributed by atoms with van der Waals surface area (Å²) in [5.41, 5.74) is 2.60. The van der Waals surface area contributed by atoms with Gasteiger partial charge in [0.25, 0.3) is 0 Å². The van der Waals surface area contributed by atoms with Crippen LogP contribution in [0, 0.1) is 0 Å². The summed E-state index contributed by atoms with van der Waals surface area (Å²) in [5, 5.41) is 2.24. The zero-order chi connectivity index (χ0) is 10.7. The Bertz CT molecular complexity index is 428. The van der Waals surface area contributed by atoms with Crippen LogP contribution in [-0.4, -0.2) is 4.98 Å². The van der Waals surface area contributed by atoms with E-state index in [2.05, 4.69) is 57.6 Å². The lowest BCUT2D eigenvalue weighted by Gasteiger charge is -1.97. The molecule has 0 bridgehead atoms. The van der Waals surface area contributed by atoms with E-state index < -0.39 is 0 Å². The molecule has 76 valence electrons. The van der Waals surface area contributed by atoms with Crippen LogP contribution in [0.1, 0.15) is 39.2 Å². The topological polar surface area (TPSA) is 15.8 Å². The third-order valence-corrected chi connectivity index (χ3v) is 2.26. The maximum absolute atomic E-state index is 4.09. The second-order valence-corrected chi connectivity index (χ2v) is 4.20. The smallest absolute Gasteiger partial charge is 0.0450 e. The number of rotatable bonds is 2. The van der Waals surface area contributed by atoms with Gasteiger partial charge in [-0.25, -0.2) is 0 Å². The van der Waals surface area contributed by atoms with Gasteiger partial charge >= 0.3 is 0 Å². The lowest BCUT2D eigenvalue weighted by atomic mass is 10.1. The van der Waals surface area contributed by atoms with Gasteiger partial charge in [-0.1, -0.05) is 32.1 Å². The Morgan fingerprint density at radius 2 is 2.07 bits per heavy atom. The summed E-state index contributed by atoms with van der Waals surface area (Å²) in [6.07, 6.45) is 6.24. The molecule has 0 saturated carbocycles. The highest BCUT2D eigenvalue weighted by atomic mass is 14.7. The van der Waals surface area contributed by atoms with Crippen molar-refractivity contribution in [3.8, 4) is 0 Å². The first-order chi connectivity index (χ1) is 6.52. The highest BCUT2D eigenvalue weighted by Gasteiger charge is 2.00. The van der Waals surface area contributed by atoms with Crippen molar-refractivity contribution >= 4 is 12.7 Å². The molecule has 0 spiro atoms.